The Balaban J connectivity index is 2.32. The molecule has 1 unspecified atom stereocenters. The van der Waals surface area contributed by atoms with Crippen molar-refractivity contribution >= 4 is 23.2 Å². The van der Waals surface area contributed by atoms with Crippen LogP contribution in [0.5, 0.6) is 0 Å². The van der Waals surface area contributed by atoms with Crippen molar-refractivity contribution in [2.45, 2.75) is 26.3 Å². The van der Waals surface area contributed by atoms with Gasteiger partial charge in [-0.05, 0) is 49.2 Å². The number of benzene rings is 1. The van der Waals surface area contributed by atoms with Crippen molar-refractivity contribution in [3.05, 3.63) is 63.1 Å². The van der Waals surface area contributed by atoms with Crippen molar-refractivity contribution in [1.82, 2.24) is 10.3 Å². The van der Waals surface area contributed by atoms with Crippen molar-refractivity contribution in [3.8, 4) is 0 Å². The van der Waals surface area contributed by atoms with E-state index in [4.69, 9.17) is 23.2 Å². The fourth-order valence-electron chi connectivity index (χ4n) is 2.27. The maximum atomic E-state index is 13.4. The minimum absolute atomic E-state index is 0.0831. The topological polar surface area (TPSA) is 24.9 Å². The predicted molar refractivity (Wildman–Crippen MR) is 85.5 cm³/mol. The van der Waals surface area contributed by atoms with Gasteiger partial charge in [-0.2, -0.15) is 0 Å². The number of likely N-dealkylation sites (N-methyl/N-ethyl adjacent to an activating group) is 1. The van der Waals surface area contributed by atoms with Crippen LogP contribution in [0.3, 0.4) is 0 Å². The molecule has 0 saturated heterocycles. The van der Waals surface area contributed by atoms with Crippen molar-refractivity contribution in [2.24, 2.45) is 0 Å². The molecule has 0 amide bonds. The third-order valence-electron chi connectivity index (χ3n) is 3.35. The van der Waals surface area contributed by atoms with E-state index in [0.29, 0.717) is 16.5 Å². The van der Waals surface area contributed by atoms with Crippen LogP contribution in [0.2, 0.25) is 10.0 Å². The molecule has 0 aliphatic carbocycles. The molecule has 2 nitrogen and oxygen atoms in total. The lowest BCUT2D eigenvalue weighted by atomic mass is 9.98. The van der Waals surface area contributed by atoms with Crippen LogP contribution < -0.4 is 5.32 Å². The Morgan fingerprint density at radius 2 is 2.05 bits per heavy atom. The highest BCUT2D eigenvalue weighted by molar-refractivity contribution is 6.34. The van der Waals surface area contributed by atoms with Gasteiger partial charge in [0.25, 0.3) is 0 Å². The minimum Gasteiger partial charge on any atom is -0.309 e. The van der Waals surface area contributed by atoms with Crippen LogP contribution in [-0.4, -0.2) is 11.5 Å². The zero-order valence-electron chi connectivity index (χ0n) is 12.0. The SMILES string of the molecule is CCNC(Cc1cc(F)ccc1C)c1ncc(Cl)cc1Cl. The van der Waals surface area contributed by atoms with Crippen LogP contribution in [0.15, 0.2) is 30.5 Å². The molecule has 0 aliphatic heterocycles. The summed E-state index contributed by atoms with van der Waals surface area (Å²) in [4.78, 5) is 4.32. The first kappa shape index (κ1) is 16.2. The van der Waals surface area contributed by atoms with Gasteiger partial charge in [0.05, 0.1) is 21.8 Å². The lowest BCUT2D eigenvalue weighted by Crippen LogP contribution is -2.24. The van der Waals surface area contributed by atoms with E-state index in [-0.39, 0.29) is 11.9 Å². The summed E-state index contributed by atoms with van der Waals surface area (Å²) < 4.78 is 13.4. The van der Waals surface area contributed by atoms with Gasteiger partial charge in [-0.15, -0.1) is 0 Å². The largest absolute Gasteiger partial charge is 0.309 e. The number of rotatable bonds is 5. The molecule has 2 rings (SSSR count). The Hall–Kier alpha value is -1.16. The first-order valence-corrected chi connectivity index (χ1v) is 7.56. The Morgan fingerprint density at radius 3 is 2.71 bits per heavy atom. The first-order chi connectivity index (χ1) is 10.0. The second-order valence-electron chi connectivity index (χ2n) is 4.91. The smallest absolute Gasteiger partial charge is 0.123 e. The van der Waals surface area contributed by atoms with E-state index in [1.807, 2.05) is 13.8 Å². The third-order valence-corrected chi connectivity index (χ3v) is 3.86. The Labute approximate surface area is 134 Å². The molecule has 1 aromatic carbocycles. The number of aryl methyl sites for hydroxylation is 1. The van der Waals surface area contributed by atoms with Crippen molar-refractivity contribution < 1.29 is 4.39 Å². The zero-order valence-corrected chi connectivity index (χ0v) is 13.5. The summed E-state index contributed by atoms with van der Waals surface area (Å²) in [6, 6.07) is 6.40. The summed E-state index contributed by atoms with van der Waals surface area (Å²) in [5, 5.41) is 4.36. The molecule has 0 aliphatic rings. The highest BCUT2D eigenvalue weighted by Gasteiger charge is 2.17. The van der Waals surface area contributed by atoms with Gasteiger partial charge >= 0.3 is 0 Å². The molecule has 0 fully saturated rings. The fourth-order valence-corrected chi connectivity index (χ4v) is 2.79. The van der Waals surface area contributed by atoms with Crippen LogP contribution >= 0.6 is 23.2 Å². The summed E-state index contributed by atoms with van der Waals surface area (Å²) >= 11 is 12.1. The second kappa shape index (κ2) is 7.21. The molecular weight excluding hydrogens is 310 g/mol. The molecule has 2 aromatic rings. The van der Waals surface area contributed by atoms with Gasteiger partial charge < -0.3 is 5.32 Å². The molecule has 112 valence electrons. The highest BCUT2D eigenvalue weighted by atomic mass is 35.5. The lowest BCUT2D eigenvalue weighted by molar-refractivity contribution is 0.533. The Kier molecular flexibility index (Phi) is 5.57. The van der Waals surface area contributed by atoms with Crippen LogP contribution in [0.1, 0.15) is 29.8 Å². The molecule has 5 heteroatoms. The molecular formula is C16H17Cl2FN2. The van der Waals surface area contributed by atoms with Crippen molar-refractivity contribution in [1.29, 1.82) is 0 Å². The summed E-state index contributed by atoms with van der Waals surface area (Å²) in [5.74, 6) is -0.235. The predicted octanol–water partition coefficient (Wildman–Crippen LogP) is 4.73. The fraction of sp³-hybridized carbons (Fsp3) is 0.312. The summed E-state index contributed by atoms with van der Waals surface area (Å²) in [6.07, 6.45) is 2.19. The normalized spacial score (nSPS) is 12.4. The van der Waals surface area contributed by atoms with E-state index >= 15 is 0 Å². The van der Waals surface area contributed by atoms with E-state index in [2.05, 4.69) is 10.3 Å². The standard InChI is InChI=1S/C16H17Cl2FN2/c1-3-20-15(16-14(18)8-12(17)9-21-16)7-11-6-13(19)5-4-10(11)2/h4-6,8-9,15,20H,3,7H2,1-2H3. The van der Waals surface area contributed by atoms with Gasteiger partial charge in [-0.1, -0.05) is 36.2 Å². The molecule has 0 saturated carbocycles. The van der Waals surface area contributed by atoms with E-state index in [9.17, 15) is 4.39 Å². The number of nitrogens with one attached hydrogen (secondary N) is 1. The lowest BCUT2D eigenvalue weighted by Gasteiger charge is -2.20. The summed E-state index contributed by atoms with van der Waals surface area (Å²) in [7, 11) is 0. The van der Waals surface area contributed by atoms with Crippen molar-refractivity contribution in [2.75, 3.05) is 6.54 Å². The summed E-state index contributed by atoms with van der Waals surface area (Å²) in [6.45, 7) is 4.74. The number of hydrogen-bond donors (Lipinski definition) is 1. The zero-order chi connectivity index (χ0) is 15.4. The molecule has 0 bridgehead atoms. The highest BCUT2D eigenvalue weighted by Crippen LogP contribution is 2.27. The van der Waals surface area contributed by atoms with Gasteiger partial charge in [-0.25, -0.2) is 4.39 Å². The maximum absolute atomic E-state index is 13.4. The van der Waals surface area contributed by atoms with Gasteiger partial charge in [0.15, 0.2) is 0 Å². The molecule has 1 N–H and O–H groups in total. The van der Waals surface area contributed by atoms with Crippen molar-refractivity contribution in [3.63, 3.8) is 0 Å². The van der Waals surface area contributed by atoms with E-state index in [0.717, 1.165) is 23.4 Å². The van der Waals surface area contributed by atoms with Gasteiger partial charge in [0.1, 0.15) is 5.82 Å². The summed E-state index contributed by atoms with van der Waals surface area (Å²) in [5.41, 5.74) is 2.71. The van der Waals surface area contributed by atoms with Gasteiger partial charge in [0, 0.05) is 6.20 Å². The van der Waals surface area contributed by atoms with E-state index in [1.54, 1.807) is 24.4 Å². The van der Waals surface area contributed by atoms with Crippen LogP contribution in [0, 0.1) is 12.7 Å². The average Bonchev–Trinajstić information content (AvgIpc) is 2.42. The molecule has 1 heterocycles. The Bertz CT molecular complexity index is 632. The monoisotopic (exact) mass is 326 g/mol. The number of pyridine rings is 1. The van der Waals surface area contributed by atoms with Gasteiger partial charge in [-0.3, -0.25) is 4.98 Å². The van der Waals surface area contributed by atoms with Crippen LogP contribution in [-0.2, 0) is 6.42 Å². The third kappa shape index (κ3) is 4.16. The van der Waals surface area contributed by atoms with E-state index in [1.165, 1.54) is 6.07 Å². The average molecular weight is 327 g/mol. The number of nitrogens with zero attached hydrogens (tertiary/aromatic N) is 1. The first-order valence-electron chi connectivity index (χ1n) is 6.80. The quantitative estimate of drug-likeness (QED) is 0.859. The van der Waals surface area contributed by atoms with Crippen LogP contribution in [0.25, 0.3) is 0 Å². The number of aromatic nitrogens is 1. The number of halogens is 3. The number of hydrogen-bond acceptors (Lipinski definition) is 2. The van der Waals surface area contributed by atoms with Gasteiger partial charge in [0.2, 0.25) is 0 Å². The molecule has 1 aromatic heterocycles. The molecule has 0 spiro atoms. The second-order valence-corrected chi connectivity index (χ2v) is 5.75. The molecule has 21 heavy (non-hydrogen) atoms. The minimum atomic E-state index is -0.235. The van der Waals surface area contributed by atoms with E-state index < -0.39 is 0 Å². The van der Waals surface area contributed by atoms with Crippen LogP contribution in [0.4, 0.5) is 4.39 Å². The Morgan fingerprint density at radius 1 is 1.29 bits per heavy atom. The molecule has 0 radical (unpaired) electrons. The molecule has 1 atom stereocenters. The maximum Gasteiger partial charge on any atom is 0.123 e.